The largest absolute Gasteiger partial charge is 0.480 e. The van der Waals surface area contributed by atoms with Crippen LogP contribution in [0.1, 0.15) is 12.8 Å². The number of carboxylic acids is 1. The Hall–Kier alpha value is -0.501. The maximum atomic E-state index is 10.2. The fourth-order valence-corrected chi connectivity index (χ4v) is 0.643. The first-order valence-electron chi connectivity index (χ1n) is 3.58. The molecule has 74 valence electrons. The Labute approximate surface area is 93.5 Å². The second-order valence-electron chi connectivity index (χ2n) is 2.39. The predicted octanol–water partition coefficient (Wildman–Crippen LogP) is -1.93. The normalized spacial score (nSPS) is 11.2. The second kappa shape index (κ2) is 8.11. The molecule has 4 radical (unpaired) electrons. The van der Waals surface area contributed by atoms with Crippen molar-refractivity contribution in [3.8, 4) is 0 Å². The van der Waals surface area contributed by atoms with E-state index in [1.807, 2.05) is 0 Å². The molecule has 0 saturated heterocycles. The van der Waals surface area contributed by atoms with Gasteiger partial charge in [-0.05, 0) is 12.8 Å². The third-order valence-electron chi connectivity index (χ3n) is 1.28. The van der Waals surface area contributed by atoms with Crippen LogP contribution in [0.3, 0.4) is 0 Å². The zero-order chi connectivity index (χ0) is 9.56. The summed E-state index contributed by atoms with van der Waals surface area (Å²) in [6, 6.07) is -0.820. The number of nitrogens with two attached hydrogens (primary N) is 3. The Morgan fingerprint density at radius 3 is 2.38 bits per heavy atom. The minimum absolute atomic E-state index is 0. The van der Waals surface area contributed by atoms with E-state index in [0.717, 1.165) is 0 Å². The van der Waals surface area contributed by atoms with Crippen molar-refractivity contribution in [2.75, 3.05) is 6.54 Å². The monoisotopic (exact) mass is 294 g/mol. The Morgan fingerprint density at radius 1 is 1.46 bits per heavy atom. The Kier molecular flexibility index (Phi) is 9.36. The van der Waals surface area contributed by atoms with Crippen LogP contribution in [0.5, 0.6) is 0 Å². The molecular weight excluding hydrogens is 279 g/mol. The molecule has 0 rings (SSSR count). The average Bonchev–Trinajstić information content (AvgIpc) is 1.97. The van der Waals surface area contributed by atoms with E-state index < -0.39 is 12.0 Å². The summed E-state index contributed by atoms with van der Waals surface area (Å²) in [4.78, 5) is 13.9. The van der Waals surface area contributed by atoms with E-state index in [1.54, 1.807) is 0 Å². The summed E-state index contributed by atoms with van der Waals surface area (Å²) in [7, 11) is 0. The molecule has 0 aromatic carbocycles. The molecule has 0 saturated carbocycles. The van der Waals surface area contributed by atoms with E-state index in [9.17, 15) is 4.79 Å². The van der Waals surface area contributed by atoms with Crippen LogP contribution in [-0.4, -0.2) is 53.5 Å². The molecule has 7 N–H and O–H groups in total. The molecule has 0 aromatic rings. The van der Waals surface area contributed by atoms with Crippen molar-refractivity contribution in [2.24, 2.45) is 22.2 Å². The third-order valence-corrected chi connectivity index (χ3v) is 1.28. The van der Waals surface area contributed by atoms with Gasteiger partial charge in [0.05, 0.1) is 0 Å². The van der Waals surface area contributed by atoms with Crippen molar-refractivity contribution in [1.82, 2.24) is 0 Å². The van der Waals surface area contributed by atoms with E-state index in [1.165, 1.54) is 0 Å². The number of carbonyl (C=O) groups is 1. The summed E-state index contributed by atoms with van der Waals surface area (Å²) in [6.07, 6.45) is 0.956. The molecule has 0 aromatic heterocycles. The van der Waals surface area contributed by atoms with Crippen LogP contribution in [0, 0.1) is 0 Å². The van der Waals surface area contributed by atoms with Gasteiger partial charge in [0.2, 0.25) is 0 Å². The molecule has 0 aliphatic heterocycles. The molecule has 0 unspecified atom stereocenters. The van der Waals surface area contributed by atoms with Crippen molar-refractivity contribution in [3.05, 3.63) is 0 Å². The van der Waals surface area contributed by atoms with Gasteiger partial charge in [0, 0.05) is 30.5 Å². The fourth-order valence-electron chi connectivity index (χ4n) is 0.643. The van der Waals surface area contributed by atoms with Gasteiger partial charge >= 0.3 is 5.97 Å². The number of aliphatic carboxylic acids is 1. The Balaban J connectivity index is 0. The molecule has 6 nitrogen and oxygen atoms in total. The summed E-state index contributed by atoms with van der Waals surface area (Å²) >= 11 is 0. The van der Waals surface area contributed by atoms with Crippen molar-refractivity contribution in [2.45, 2.75) is 18.9 Å². The molecule has 0 aliphatic rings. The van der Waals surface area contributed by atoms with Gasteiger partial charge in [-0.25, -0.2) is 0 Å². The van der Waals surface area contributed by atoms with Crippen LogP contribution in [0.2, 0.25) is 0 Å². The average molecular weight is 293 g/mol. The number of aliphatic imine (C=N–C) groups is 1. The molecule has 0 aliphatic carbocycles. The second-order valence-corrected chi connectivity index (χ2v) is 2.39. The molecule has 0 bridgehead atoms. The van der Waals surface area contributed by atoms with Gasteiger partial charge in [0.1, 0.15) is 6.04 Å². The predicted molar refractivity (Wildman–Crippen MR) is 51.3 cm³/mol. The molecule has 7 heteroatoms. The summed E-state index contributed by atoms with van der Waals surface area (Å²) in [5, 5.41) is 8.38. The quantitative estimate of drug-likeness (QED) is 0.203. The molecule has 0 amide bonds. The first kappa shape index (κ1) is 15.0. The number of carboxylic acid groups (broad SMARTS) is 1. The first-order chi connectivity index (χ1) is 5.54. The van der Waals surface area contributed by atoms with Gasteiger partial charge < -0.3 is 22.3 Å². The number of rotatable bonds is 5. The zero-order valence-corrected chi connectivity index (χ0v) is 10.1. The maximum absolute atomic E-state index is 10.2. The molecule has 0 spiro atoms. The minimum atomic E-state index is -1.00. The SMILES string of the molecule is NC(N)=NCCC[C@H](N)C(=O)O.[Sn]. The maximum Gasteiger partial charge on any atom is 0.320 e. The number of guanidine groups is 1. The zero-order valence-electron chi connectivity index (χ0n) is 7.23. The molecule has 13 heavy (non-hydrogen) atoms. The van der Waals surface area contributed by atoms with E-state index in [4.69, 9.17) is 22.3 Å². The summed E-state index contributed by atoms with van der Waals surface area (Å²) in [5.74, 6) is -0.987. The van der Waals surface area contributed by atoms with Gasteiger partial charge in [0.15, 0.2) is 5.96 Å². The van der Waals surface area contributed by atoms with E-state index >= 15 is 0 Å². The smallest absolute Gasteiger partial charge is 0.320 e. The number of nitrogens with zero attached hydrogens (tertiary/aromatic N) is 1. The van der Waals surface area contributed by atoms with Crippen molar-refractivity contribution < 1.29 is 9.90 Å². The van der Waals surface area contributed by atoms with Gasteiger partial charge in [-0.2, -0.15) is 0 Å². The van der Waals surface area contributed by atoms with Crippen molar-refractivity contribution >= 4 is 35.8 Å². The fraction of sp³-hybridized carbons (Fsp3) is 0.667. The summed E-state index contributed by atoms with van der Waals surface area (Å²) in [6.45, 7) is 0.420. The van der Waals surface area contributed by atoms with Crippen LogP contribution in [-0.2, 0) is 4.79 Å². The summed E-state index contributed by atoms with van der Waals surface area (Å²) < 4.78 is 0. The minimum Gasteiger partial charge on any atom is -0.480 e. The van der Waals surface area contributed by atoms with E-state index in [2.05, 4.69) is 4.99 Å². The summed E-state index contributed by atoms with van der Waals surface area (Å²) in [5.41, 5.74) is 15.3. The van der Waals surface area contributed by atoms with Crippen LogP contribution in [0.15, 0.2) is 4.99 Å². The number of hydrogen-bond donors (Lipinski definition) is 4. The van der Waals surface area contributed by atoms with E-state index in [-0.39, 0.29) is 29.9 Å². The van der Waals surface area contributed by atoms with Gasteiger partial charge in [-0.1, -0.05) is 0 Å². The van der Waals surface area contributed by atoms with Gasteiger partial charge in [0.25, 0.3) is 0 Å². The van der Waals surface area contributed by atoms with Crippen molar-refractivity contribution in [3.63, 3.8) is 0 Å². The Bertz CT molecular complexity index is 181. The van der Waals surface area contributed by atoms with Crippen LogP contribution in [0.25, 0.3) is 0 Å². The third kappa shape index (κ3) is 9.41. The van der Waals surface area contributed by atoms with Crippen LogP contribution >= 0.6 is 0 Å². The molecule has 1 atom stereocenters. The number of hydrogen-bond acceptors (Lipinski definition) is 3. The standard InChI is InChI=1S/C6H14N4O2.Sn/c7-4(5(11)12)2-1-3-10-6(8)9;/h4H,1-3,7H2,(H,11,12)(H4,8,9,10);/t4-;/m0./s1. The first-order valence-corrected chi connectivity index (χ1v) is 3.58. The topological polar surface area (TPSA) is 128 Å². The molecule has 0 fully saturated rings. The van der Waals surface area contributed by atoms with Crippen LogP contribution in [0.4, 0.5) is 0 Å². The molecule has 0 heterocycles. The van der Waals surface area contributed by atoms with Crippen LogP contribution < -0.4 is 17.2 Å². The Morgan fingerprint density at radius 2 is 2.00 bits per heavy atom. The van der Waals surface area contributed by atoms with Gasteiger partial charge in [-0.15, -0.1) is 0 Å². The van der Waals surface area contributed by atoms with E-state index in [0.29, 0.717) is 19.4 Å². The van der Waals surface area contributed by atoms with Crippen molar-refractivity contribution in [1.29, 1.82) is 0 Å². The molecular formula is C6H14N4O2Sn. The van der Waals surface area contributed by atoms with Gasteiger partial charge in [-0.3, -0.25) is 9.79 Å².